The van der Waals surface area contributed by atoms with E-state index in [-0.39, 0.29) is 0 Å². The van der Waals surface area contributed by atoms with Gasteiger partial charge in [-0.15, -0.1) is 0 Å². The minimum atomic E-state index is 0.841. The molecule has 1 aromatic carbocycles. The molecule has 18 heavy (non-hydrogen) atoms. The van der Waals surface area contributed by atoms with Gasteiger partial charge in [-0.3, -0.25) is 0 Å². The van der Waals surface area contributed by atoms with Crippen LogP contribution >= 0.6 is 0 Å². The van der Waals surface area contributed by atoms with Gasteiger partial charge in [0.25, 0.3) is 0 Å². The average Bonchev–Trinajstić information content (AvgIpc) is 2.41. The van der Waals surface area contributed by atoms with Crippen molar-refractivity contribution in [2.75, 3.05) is 12.4 Å². The van der Waals surface area contributed by atoms with Crippen molar-refractivity contribution in [2.24, 2.45) is 0 Å². The van der Waals surface area contributed by atoms with Crippen molar-refractivity contribution in [1.29, 1.82) is 0 Å². The van der Waals surface area contributed by atoms with Crippen molar-refractivity contribution in [1.82, 2.24) is 9.97 Å². The molecule has 0 radical (unpaired) electrons. The maximum Gasteiger partial charge on any atom is 0.131 e. The van der Waals surface area contributed by atoms with Gasteiger partial charge in [-0.25, -0.2) is 9.97 Å². The minimum Gasteiger partial charge on any atom is -0.373 e. The van der Waals surface area contributed by atoms with Gasteiger partial charge in [0.15, 0.2) is 0 Å². The zero-order valence-corrected chi connectivity index (χ0v) is 11.4. The van der Waals surface area contributed by atoms with E-state index in [9.17, 15) is 0 Å². The molecule has 1 N–H and O–H groups in total. The zero-order chi connectivity index (χ0) is 13.1. The highest BCUT2D eigenvalue weighted by Gasteiger charge is 2.08. The molecular weight excluding hydrogens is 222 g/mol. The fourth-order valence-electron chi connectivity index (χ4n) is 1.95. The van der Waals surface area contributed by atoms with E-state index < -0.39 is 0 Å². The quantitative estimate of drug-likeness (QED) is 0.895. The van der Waals surface area contributed by atoms with Crippen LogP contribution in [0.1, 0.15) is 23.9 Å². The van der Waals surface area contributed by atoms with Gasteiger partial charge in [0.05, 0.1) is 5.69 Å². The molecule has 0 amide bonds. The van der Waals surface area contributed by atoms with Gasteiger partial charge >= 0.3 is 0 Å². The maximum absolute atomic E-state index is 4.62. The second-order valence-corrected chi connectivity index (χ2v) is 4.41. The summed E-state index contributed by atoms with van der Waals surface area (Å²) in [6.45, 7) is 6.33. The van der Waals surface area contributed by atoms with E-state index in [1.807, 2.05) is 13.1 Å². The summed E-state index contributed by atoms with van der Waals surface area (Å²) >= 11 is 0. The Balaban J connectivity index is 2.59. The lowest BCUT2D eigenvalue weighted by Crippen LogP contribution is -2.01. The summed E-state index contributed by atoms with van der Waals surface area (Å²) < 4.78 is 0. The number of rotatable bonds is 3. The Hall–Kier alpha value is -1.90. The van der Waals surface area contributed by atoms with Gasteiger partial charge in [-0.2, -0.15) is 0 Å². The number of nitrogens with zero attached hydrogens (tertiary/aromatic N) is 2. The summed E-state index contributed by atoms with van der Waals surface area (Å²) in [7, 11) is 1.88. The molecule has 94 valence electrons. The van der Waals surface area contributed by atoms with Crippen LogP contribution in [0.4, 0.5) is 5.82 Å². The van der Waals surface area contributed by atoms with Crippen molar-refractivity contribution in [3.05, 3.63) is 41.2 Å². The highest BCUT2D eigenvalue weighted by molar-refractivity contribution is 5.67. The van der Waals surface area contributed by atoms with Crippen LogP contribution in [0.5, 0.6) is 0 Å². The largest absolute Gasteiger partial charge is 0.373 e. The number of benzene rings is 1. The van der Waals surface area contributed by atoms with Crippen molar-refractivity contribution < 1.29 is 0 Å². The first-order valence-electron chi connectivity index (χ1n) is 6.28. The summed E-state index contributed by atoms with van der Waals surface area (Å²) in [5, 5.41) is 3.09. The third-order valence-electron chi connectivity index (χ3n) is 3.23. The second kappa shape index (κ2) is 5.17. The molecule has 0 aliphatic rings. The van der Waals surface area contributed by atoms with Gasteiger partial charge in [0.1, 0.15) is 11.6 Å². The molecule has 1 heterocycles. The monoisotopic (exact) mass is 241 g/mol. The molecule has 0 atom stereocenters. The fraction of sp³-hybridized carbons (Fsp3) is 0.333. The number of hydrogen-bond donors (Lipinski definition) is 1. The van der Waals surface area contributed by atoms with Crippen LogP contribution < -0.4 is 5.32 Å². The van der Waals surface area contributed by atoms with Crippen molar-refractivity contribution in [3.63, 3.8) is 0 Å². The molecule has 3 heteroatoms. The molecule has 2 aromatic rings. The van der Waals surface area contributed by atoms with E-state index in [4.69, 9.17) is 0 Å². The molecule has 0 saturated heterocycles. The molecule has 1 aromatic heterocycles. The van der Waals surface area contributed by atoms with Crippen LogP contribution in [-0.2, 0) is 6.42 Å². The smallest absolute Gasteiger partial charge is 0.131 e. The Morgan fingerprint density at radius 3 is 2.61 bits per heavy atom. The Labute approximate surface area is 108 Å². The van der Waals surface area contributed by atoms with Crippen molar-refractivity contribution in [2.45, 2.75) is 27.2 Å². The first-order chi connectivity index (χ1) is 8.65. The van der Waals surface area contributed by atoms with Crippen LogP contribution in [0.2, 0.25) is 0 Å². The summed E-state index contributed by atoms with van der Waals surface area (Å²) in [6, 6.07) is 8.31. The number of nitrogens with one attached hydrogen (secondary N) is 1. The van der Waals surface area contributed by atoms with E-state index in [1.165, 1.54) is 16.7 Å². The molecule has 0 saturated carbocycles. The summed E-state index contributed by atoms with van der Waals surface area (Å²) in [5.74, 6) is 1.75. The first kappa shape index (κ1) is 12.6. The highest BCUT2D eigenvalue weighted by atomic mass is 15.0. The average molecular weight is 241 g/mol. The SMILES string of the molecule is CCc1nc(NC)cc(-c2cccc(C)c2C)n1. The number of hydrogen-bond acceptors (Lipinski definition) is 3. The molecule has 0 fully saturated rings. The van der Waals surface area contributed by atoms with Crippen LogP contribution in [0.25, 0.3) is 11.3 Å². The van der Waals surface area contributed by atoms with Gasteiger partial charge in [-0.05, 0) is 25.0 Å². The normalized spacial score (nSPS) is 10.4. The van der Waals surface area contributed by atoms with Gasteiger partial charge < -0.3 is 5.32 Å². The molecule has 0 aliphatic heterocycles. The Morgan fingerprint density at radius 2 is 1.94 bits per heavy atom. The molecule has 0 spiro atoms. The Bertz CT molecular complexity index is 539. The highest BCUT2D eigenvalue weighted by Crippen LogP contribution is 2.25. The van der Waals surface area contributed by atoms with Gasteiger partial charge in [0.2, 0.25) is 0 Å². The number of aryl methyl sites for hydroxylation is 2. The lowest BCUT2D eigenvalue weighted by Gasteiger charge is -2.10. The van der Waals surface area contributed by atoms with Gasteiger partial charge in [0, 0.05) is 25.1 Å². The molecular formula is C15H19N3. The summed E-state index contributed by atoms with van der Waals surface area (Å²) in [6.07, 6.45) is 0.841. The molecule has 0 unspecified atom stereocenters. The van der Waals surface area contributed by atoms with E-state index >= 15 is 0 Å². The number of anilines is 1. The van der Waals surface area contributed by atoms with E-state index in [1.54, 1.807) is 0 Å². The lowest BCUT2D eigenvalue weighted by molar-refractivity contribution is 0.944. The van der Waals surface area contributed by atoms with Crippen LogP contribution in [0, 0.1) is 13.8 Å². The van der Waals surface area contributed by atoms with Crippen molar-refractivity contribution in [3.8, 4) is 11.3 Å². The Kier molecular flexibility index (Phi) is 3.60. The van der Waals surface area contributed by atoms with Crippen LogP contribution in [-0.4, -0.2) is 17.0 Å². The first-order valence-corrected chi connectivity index (χ1v) is 6.28. The van der Waals surface area contributed by atoms with Crippen LogP contribution in [0.3, 0.4) is 0 Å². The predicted octanol–water partition coefficient (Wildman–Crippen LogP) is 3.36. The van der Waals surface area contributed by atoms with E-state index in [2.05, 4.69) is 54.3 Å². The third kappa shape index (κ3) is 2.35. The molecule has 0 bridgehead atoms. The molecule has 0 aliphatic carbocycles. The molecule has 2 rings (SSSR count). The van der Waals surface area contributed by atoms with Crippen LogP contribution in [0.15, 0.2) is 24.3 Å². The standard InChI is InChI=1S/C15H19N3/c1-5-14-17-13(9-15(16-4)18-14)12-8-6-7-10(2)11(12)3/h6-9H,5H2,1-4H3,(H,16,17,18). The van der Waals surface area contributed by atoms with E-state index in [0.717, 1.165) is 23.8 Å². The Morgan fingerprint density at radius 1 is 1.17 bits per heavy atom. The number of aromatic nitrogens is 2. The maximum atomic E-state index is 4.62. The van der Waals surface area contributed by atoms with E-state index in [0.29, 0.717) is 0 Å². The topological polar surface area (TPSA) is 37.8 Å². The summed E-state index contributed by atoms with van der Waals surface area (Å²) in [4.78, 5) is 9.05. The third-order valence-corrected chi connectivity index (χ3v) is 3.23. The molecule has 3 nitrogen and oxygen atoms in total. The fourth-order valence-corrected chi connectivity index (χ4v) is 1.95. The lowest BCUT2D eigenvalue weighted by atomic mass is 10.0. The van der Waals surface area contributed by atoms with Crippen molar-refractivity contribution >= 4 is 5.82 Å². The zero-order valence-electron chi connectivity index (χ0n) is 11.4. The minimum absolute atomic E-state index is 0.841. The summed E-state index contributed by atoms with van der Waals surface area (Å²) in [5.41, 5.74) is 4.74. The second-order valence-electron chi connectivity index (χ2n) is 4.41. The van der Waals surface area contributed by atoms with Gasteiger partial charge in [-0.1, -0.05) is 25.1 Å². The predicted molar refractivity (Wildman–Crippen MR) is 75.9 cm³/mol.